The van der Waals surface area contributed by atoms with E-state index in [1.54, 1.807) is 0 Å². The summed E-state index contributed by atoms with van der Waals surface area (Å²) >= 11 is 0. The quantitative estimate of drug-likeness (QED) is 0.756. The first-order chi connectivity index (χ1) is 11.3. The van der Waals surface area contributed by atoms with Crippen molar-refractivity contribution in [2.45, 2.75) is 25.8 Å². The Hall–Kier alpha value is -2.51. The van der Waals surface area contributed by atoms with Crippen molar-refractivity contribution in [2.24, 2.45) is 5.92 Å². The monoisotopic (exact) mass is 343 g/mol. The average molecular weight is 343 g/mol. The summed E-state index contributed by atoms with van der Waals surface area (Å²) in [7, 11) is 2.36. The maximum atomic E-state index is 13.1. The van der Waals surface area contributed by atoms with Crippen LogP contribution in [0.25, 0.3) is 0 Å². The Morgan fingerprint density at radius 1 is 1.04 bits per heavy atom. The van der Waals surface area contributed by atoms with Gasteiger partial charge in [0.05, 0.1) is 26.6 Å². The van der Waals surface area contributed by atoms with Crippen molar-refractivity contribution >= 4 is 17.8 Å². The number of rotatable bonds is 7. The van der Waals surface area contributed by atoms with Gasteiger partial charge in [0, 0.05) is 6.07 Å². The van der Waals surface area contributed by atoms with Gasteiger partial charge in [-0.3, -0.25) is 9.59 Å². The summed E-state index contributed by atoms with van der Waals surface area (Å²) in [5, 5.41) is 2.40. The molecule has 0 bridgehead atoms. The number of amides is 1. The Bertz CT molecular complexity index is 600. The molecule has 0 spiro atoms. The molecule has 1 N–H and O–H groups in total. The van der Waals surface area contributed by atoms with Crippen molar-refractivity contribution in [3.05, 3.63) is 35.4 Å². The topological polar surface area (TPSA) is 81.7 Å². The summed E-state index contributed by atoms with van der Waals surface area (Å²) < 4.78 is 35.4. The van der Waals surface area contributed by atoms with E-state index >= 15 is 0 Å². The molecule has 0 aliphatic heterocycles. The van der Waals surface area contributed by atoms with E-state index in [0.29, 0.717) is 6.07 Å². The number of methoxy groups -OCH3 is 2. The lowest BCUT2D eigenvalue weighted by Gasteiger charge is -2.19. The number of benzene rings is 1. The fourth-order valence-corrected chi connectivity index (χ4v) is 2.15. The van der Waals surface area contributed by atoms with Crippen molar-refractivity contribution in [1.29, 1.82) is 0 Å². The molecule has 0 aliphatic carbocycles. The normalized spacial score (nSPS) is 12.9. The van der Waals surface area contributed by atoms with Crippen LogP contribution in [0.15, 0.2) is 18.2 Å². The molecule has 0 fully saturated rings. The second kappa shape index (κ2) is 8.95. The summed E-state index contributed by atoms with van der Waals surface area (Å²) in [5.74, 6) is -4.16. The van der Waals surface area contributed by atoms with Crippen LogP contribution < -0.4 is 5.32 Å². The molecule has 1 amide bonds. The van der Waals surface area contributed by atoms with Gasteiger partial charge in [-0.25, -0.2) is 13.6 Å². The lowest BCUT2D eigenvalue weighted by Crippen LogP contribution is -2.44. The van der Waals surface area contributed by atoms with Crippen molar-refractivity contribution in [3.8, 4) is 0 Å². The van der Waals surface area contributed by atoms with Crippen LogP contribution in [0.5, 0.6) is 0 Å². The van der Waals surface area contributed by atoms with Crippen LogP contribution in [0.3, 0.4) is 0 Å². The molecule has 1 aromatic rings. The lowest BCUT2D eigenvalue weighted by atomic mass is 10.0. The first-order valence-corrected chi connectivity index (χ1v) is 7.16. The van der Waals surface area contributed by atoms with E-state index in [0.717, 1.165) is 19.2 Å². The minimum atomic E-state index is -1.07. The molecule has 0 saturated carbocycles. The number of nitrogens with one attached hydrogen (secondary N) is 1. The summed E-state index contributed by atoms with van der Waals surface area (Å²) in [5.41, 5.74) is 0.120. The molecule has 6 nitrogen and oxygen atoms in total. The second-order valence-electron chi connectivity index (χ2n) is 5.26. The van der Waals surface area contributed by atoms with Crippen molar-refractivity contribution in [1.82, 2.24) is 5.32 Å². The summed E-state index contributed by atoms with van der Waals surface area (Å²) in [4.78, 5) is 35.2. The number of carbonyl (C=O) groups excluding carboxylic acids is 3. The predicted molar refractivity (Wildman–Crippen MR) is 79.8 cm³/mol. The smallest absolute Gasteiger partial charge is 0.328 e. The fraction of sp³-hybridized carbons (Fsp3) is 0.438. The predicted octanol–water partition coefficient (Wildman–Crippen LogP) is 1.36. The molecule has 2 atom stereocenters. The number of carbonyl (C=O) groups is 3. The molecule has 0 heterocycles. The molecule has 0 aliphatic rings. The lowest BCUT2D eigenvalue weighted by molar-refractivity contribution is -0.148. The average Bonchev–Trinajstić information content (AvgIpc) is 2.51. The van der Waals surface area contributed by atoms with E-state index in [4.69, 9.17) is 0 Å². The van der Waals surface area contributed by atoms with Gasteiger partial charge in [0.25, 0.3) is 0 Å². The van der Waals surface area contributed by atoms with Gasteiger partial charge in [0.15, 0.2) is 0 Å². The van der Waals surface area contributed by atoms with Crippen molar-refractivity contribution in [3.63, 3.8) is 0 Å². The zero-order valence-corrected chi connectivity index (χ0v) is 13.6. The van der Waals surface area contributed by atoms with E-state index in [1.807, 2.05) is 0 Å². The summed E-state index contributed by atoms with van der Waals surface area (Å²) in [6, 6.07) is 1.66. The molecule has 24 heavy (non-hydrogen) atoms. The molecule has 8 heteroatoms. The summed E-state index contributed by atoms with van der Waals surface area (Å²) in [6.07, 6.45) is -0.350. The van der Waals surface area contributed by atoms with Gasteiger partial charge in [0.1, 0.15) is 17.7 Å². The van der Waals surface area contributed by atoms with Gasteiger partial charge < -0.3 is 14.8 Å². The third-order valence-corrected chi connectivity index (χ3v) is 3.30. The molecule has 1 rings (SSSR count). The third kappa shape index (κ3) is 5.94. The number of halogens is 2. The fourth-order valence-electron chi connectivity index (χ4n) is 2.15. The second-order valence-corrected chi connectivity index (χ2v) is 5.26. The van der Waals surface area contributed by atoms with E-state index in [2.05, 4.69) is 14.8 Å². The van der Waals surface area contributed by atoms with Crippen LogP contribution in [-0.4, -0.2) is 38.1 Å². The van der Waals surface area contributed by atoms with Gasteiger partial charge in [0.2, 0.25) is 5.91 Å². The maximum absolute atomic E-state index is 13.1. The zero-order valence-electron chi connectivity index (χ0n) is 13.6. The largest absolute Gasteiger partial charge is 0.469 e. The third-order valence-electron chi connectivity index (χ3n) is 3.30. The van der Waals surface area contributed by atoms with E-state index in [1.165, 1.54) is 14.0 Å². The number of esters is 2. The first-order valence-electron chi connectivity index (χ1n) is 7.16. The molecule has 0 unspecified atom stereocenters. The SMILES string of the molecule is COC(=O)[C@H](C)C[C@@H](NC(=O)Cc1cc(F)cc(F)c1)C(=O)OC. The number of hydrogen-bond acceptors (Lipinski definition) is 5. The molecule has 0 radical (unpaired) electrons. The van der Waals surface area contributed by atoms with Crippen LogP contribution in [-0.2, 0) is 30.3 Å². The molecule has 1 aromatic carbocycles. The Kier molecular flexibility index (Phi) is 7.29. The van der Waals surface area contributed by atoms with Crippen molar-refractivity contribution < 1.29 is 32.6 Å². The minimum Gasteiger partial charge on any atom is -0.469 e. The molecule has 0 saturated heterocycles. The van der Waals surface area contributed by atoms with Crippen molar-refractivity contribution in [2.75, 3.05) is 14.2 Å². The van der Waals surface area contributed by atoms with Crippen LogP contribution >= 0.6 is 0 Å². The molecule has 132 valence electrons. The maximum Gasteiger partial charge on any atom is 0.328 e. The first kappa shape index (κ1) is 19.5. The van der Waals surface area contributed by atoms with Gasteiger partial charge in [-0.15, -0.1) is 0 Å². The Morgan fingerprint density at radius 2 is 1.58 bits per heavy atom. The summed E-state index contributed by atoms with van der Waals surface area (Å²) in [6.45, 7) is 1.54. The van der Waals surface area contributed by atoms with E-state index in [-0.39, 0.29) is 18.4 Å². The minimum absolute atomic E-state index is 0.0252. The zero-order chi connectivity index (χ0) is 18.3. The van der Waals surface area contributed by atoms with Crippen LogP contribution in [0.2, 0.25) is 0 Å². The Balaban J connectivity index is 2.76. The Labute approximate surface area is 138 Å². The molecular formula is C16H19F2NO5. The van der Waals surface area contributed by atoms with Gasteiger partial charge >= 0.3 is 11.9 Å². The Morgan fingerprint density at radius 3 is 2.08 bits per heavy atom. The highest BCUT2D eigenvalue weighted by Gasteiger charge is 2.27. The van der Waals surface area contributed by atoms with E-state index in [9.17, 15) is 23.2 Å². The van der Waals surface area contributed by atoms with Gasteiger partial charge in [-0.1, -0.05) is 6.92 Å². The highest BCUT2D eigenvalue weighted by molar-refractivity contribution is 5.86. The van der Waals surface area contributed by atoms with Crippen LogP contribution in [0.4, 0.5) is 8.78 Å². The number of ether oxygens (including phenoxy) is 2. The van der Waals surface area contributed by atoms with Gasteiger partial charge in [-0.2, -0.15) is 0 Å². The number of hydrogen-bond donors (Lipinski definition) is 1. The van der Waals surface area contributed by atoms with Crippen LogP contribution in [0.1, 0.15) is 18.9 Å². The molecule has 0 aromatic heterocycles. The van der Waals surface area contributed by atoms with Gasteiger partial charge in [-0.05, 0) is 24.1 Å². The van der Waals surface area contributed by atoms with Crippen LogP contribution in [0, 0.1) is 17.6 Å². The molecular weight excluding hydrogens is 324 g/mol. The standard InChI is InChI=1S/C16H19F2NO5/c1-9(15(21)23-2)4-13(16(22)24-3)19-14(20)7-10-5-11(17)8-12(18)6-10/h5-6,8-9,13H,4,7H2,1-3H3,(H,19,20)/t9-,13-/m1/s1. The highest BCUT2D eigenvalue weighted by atomic mass is 19.1. The van der Waals surface area contributed by atoms with E-state index < -0.39 is 41.4 Å². The highest BCUT2D eigenvalue weighted by Crippen LogP contribution is 2.11.